The Balaban J connectivity index is 1.85. The highest BCUT2D eigenvalue weighted by molar-refractivity contribution is 5.92. The van der Waals surface area contributed by atoms with Gasteiger partial charge in [-0.1, -0.05) is 23.4 Å². The zero-order valence-corrected chi connectivity index (χ0v) is 11.3. The number of aromatic nitrogens is 2. The number of hydrogen-bond donors (Lipinski definition) is 1. The molecule has 0 radical (unpaired) electrons. The van der Waals surface area contributed by atoms with Gasteiger partial charge in [-0.25, -0.2) is 0 Å². The Morgan fingerprint density at radius 3 is 3.00 bits per heavy atom. The number of amides is 1. The molecule has 1 amide bonds. The van der Waals surface area contributed by atoms with Crippen LogP contribution in [0, 0.1) is 18.3 Å². The van der Waals surface area contributed by atoms with Gasteiger partial charge in [0, 0.05) is 23.2 Å². The van der Waals surface area contributed by atoms with Gasteiger partial charge in [0.15, 0.2) is 5.82 Å². The Morgan fingerprint density at radius 1 is 1.48 bits per heavy atom. The highest BCUT2D eigenvalue weighted by Gasteiger charge is 2.11. The van der Waals surface area contributed by atoms with Gasteiger partial charge in [0.05, 0.1) is 5.56 Å². The molecular formula is C15H12N4O2. The molecule has 3 rings (SSSR count). The average molecular weight is 280 g/mol. The fourth-order valence-corrected chi connectivity index (χ4v) is 2.23. The molecule has 6 heteroatoms. The molecular weight excluding hydrogens is 268 g/mol. The lowest BCUT2D eigenvalue weighted by atomic mass is 10.2. The summed E-state index contributed by atoms with van der Waals surface area (Å²) in [4.78, 5) is 12.0. The number of fused-ring (bicyclic) bond motifs is 1. The second-order valence-corrected chi connectivity index (χ2v) is 4.67. The lowest BCUT2D eigenvalue weighted by Gasteiger charge is -2.04. The Bertz CT molecular complexity index is 854. The number of nitrogens with one attached hydrogen (secondary N) is 1. The maximum Gasteiger partial charge on any atom is 0.245 e. The van der Waals surface area contributed by atoms with E-state index in [1.807, 2.05) is 24.3 Å². The highest BCUT2D eigenvalue weighted by atomic mass is 16.5. The molecule has 0 aliphatic rings. The molecule has 1 aromatic carbocycles. The van der Waals surface area contributed by atoms with E-state index >= 15 is 0 Å². The number of para-hydroxylation sites is 1. The molecule has 0 bridgehead atoms. The summed E-state index contributed by atoms with van der Waals surface area (Å²) < 4.78 is 6.64. The molecule has 0 fully saturated rings. The topological polar surface area (TPSA) is 83.9 Å². The van der Waals surface area contributed by atoms with Crippen molar-refractivity contribution in [2.75, 3.05) is 5.32 Å². The molecule has 1 N–H and O–H groups in total. The van der Waals surface area contributed by atoms with Crippen LogP contribution >= 0.6 is 0 Å². The van der Waals surface area contributed by atoms with E-state index in [-0.39, 0.29) is 12.5 Å². The Kier molecular flexibility index (Phi) is 3.16. The minimum absolute atomic E-state index is 0.105. The normalized spacial score (nSPS) is 10.5. The number of anilines is 1. The third-order valence-corrected chi connectivity index (χ3v) is 3.12. The van der Waals surface area contributed by atoms with Crippen LogP contribution < -0.4 is 5.32 Å². The van der Waals surface area contributed by atoms with Gasteiger partial charge < -0.3 is 14.4 Å². The molecule has 0 saturated carbocycles. The largest absolute Gasteiger partial charge is 0.360 e. The molecule has 3 aromatic rings. The molecule has 0 saturated heterocycles. The number of nitriles is 1. The molecule has 2 aromatic heterocycles. The minimum atomic E-state index is -0.228. The van der Waals surface area contributed by atoms with Crippen LogP contribution in [0.15, 0.2) is 41.1 Å². The molecule has 0 atom stereocenters. The summed E-state index contributed by atoms with van der Waals surface area (Å²) in [5.74, 6) is 0.784. The van der Waals surface area contributed by atoms with Crippen LogP contribution in [0.2, 0.25) is 0 Å². The third kappa shape index (κ3) is 2.49. The van der Waals surface area contributed by atoms with Gasteiger partial charge in [-0.05, 0) is 13.0 Å². The number of rotatable bonds is 3. The fourth-order valence-electron chi connectivity index (χ4n) is 2.23. The van der Waals surface area contributed by atoms with E-state index in [0.717, 1.165) is 10.9 Å². The molecule has 0 aliphatic carbocycles. The second-order valence-electron chi connectivity index (χ2n) is 4.67. The maximum absolute atomic E-state index is 12.0. The van der Waals surface area contributed by atoms with Crippen molar-refractivity contribution >= 4 is 22.6 Å². The first-order valence-corrected chi connectivity index (χ1v) is 6.38. The highest BCUT2D eigenvalue weighted by Crippen LogP contribution is 2.20. The van der Waals surface area contributed by atoms with E-state index in [0.29, 0.717) is 17.1 Å². The molecule has 104 valence electrons. The quantitative estimate of drug-likeness (QED) is 0.798. The van der Waals surface area contributed by atoms with Crippen LogP contribution in [0.1, 0.15) is 11.3 Å². The van der Waals surface area contributed by atoms with Gasteiger partial charge >= 0.3 is 0 Å². The number of carbonyl (C=O) groups excluding carboxylic acids is 1. The monoisotopic (exact) mass is 280 g/mol. The predicted octanol–water partition coefficient (Wildman–Crippen LogP) is 2.45. The van der Waals surface area contributed by atoms with Gasteiger partial charge in [-0.2, -0.15) is 5.26 Å². The first kappa shape index (κ1) is 12.9. The Hall–Kier alpha value is -3.07. The number of aryl methyl sites for hydroxylation is 1. The van der Waals surface area contributed by atoms with E-state index in [1.54, 1.807) is 23.8 Å². The lowest BCUT2D eigenvalue weighted by Crippen LogP contribution is -2.18. The number of hydrogen-bond acceptors (Lipinski definition) is 4. The first-order chi connectivity index (χ1) is 10.2. The van der Waals surface area contributed by atoms with E-state index in [9.17, 15) is 4.79 Å². The average Bonchev–Trinajstić information content (AvgIpc) is 3.03. The fraction of sp³-hybridized carbons (Fsp3) is 0.133. The van der Waals surface area contributed by atoms with Gasteiger partial charge in [0.2, 0.25) is 5.91 Å². The number of benzene rings is 1. The van der Waals surface area contributed by atoms with E-state index in [2.05, 4.69) is 16.5 Å². The van der Waals surface area contributed by atoms with Crippen LogP contribution in [0.3, 0.4) is 0 Å². The van der Waals surface area contributed by atoms with E-state index in [4.69, 9.17) is 9.78 Å². The van der Waals surface area contributed by atoms with E-state index < -0.39 is 0 Å². The SMILES string of the molecule is Cc1cc(NC(=O)Cn2cc(C#N)c3ccccc32)no1. The molecule has 2 heterocycles. The van der Waals surface area contributed by atoms with Crippen molar-refractivity contribution in [2.45, 2.75) is 13.5 Å². The number of carbonyl (C=O) groups is 1. The first-order valence-electron chi connectivity index (χ1n) is 6.38. The van der Waals surface area contributed by atoms with Crippen molar-refractivity contribution in [3.05, 3.63) is 47.9 Å². The van der Waals surface area contributed by atoms with Gasteiger partial charge in [-0.15, -0.1) is 0 Å². The van der Waals surface area contributed by atoms with Crippen molar-refractivity contribution in [1.29, 1.82) is 5.26 Å². The summed E-state index contributed by atoms with van der Waals surface area (Å²) >= 11 is 0. The summed E-state index contributed by atoms with van der Waals surface area (Å²) in [7, 11) is 0. The van der Waals surface area contributed by atoms with Gasteiger partial charge in [0.25, 0.3) is 0 Å². The zero-order valence-electron chi connectivity index (χ0n) is 11.3. The molecule has 0 aliphatic heterocycles. The van der Waals surface area contributed by atoms with Crippen LogP contribution in [0.5, 0.6) is 0 Å². The van der Waals surface area contributed by atoms with E-state index in [1.165, 1.54) is 0 Å². The smallest absolute Gasteiger partial charge is 0.245 e. The van der Waals surface area contributed by atoms with Crippen molar-refractivity contribution in [3.63, 3.8) is 0 Å². The Labute approximate surface area is 120 Å². The summed E-state index contributed by atoms with van der Waals surface area (Å²) in [5, 5.41) is 16.3. The summed E-state index contributed by atoms with van der Waals surface area (Å²) in [5.41, 5.74) is 1.40. The molecule has 21 heavy (non-hydrogen) atoms. The summed E-state index contributed by atoms with van der Waals surface area (Å²) in [6, 6.07) is 11.3. The molecule has 0 unspecified atom stereocenters. The molecule has 0 spiro atoms. The van der Waals surface area contributed by atoms with Crippen LogP contribution in [-0.4, -0.2) is 15.6 Å². The van der Waals surface area contributed by atoms with Crippen molar-refractivity contribution in [2.24, 2.45) is 0 Å². The minimum Gasteiger partial charge on any atom is -0.360 e. The van der Waals surface area contributed by atoms with Crippen LogP contribution in [0.25, 0.3) is 10.9 Å². The lowest BCUT2D eigenvalue weighted by molar-refractivity contribution is -0.116. The van der Waals surface area contributed by atoms with Gasteiger partial charge in [0.1, 0.15) is 18.4 Å². The summed E-state index contributed by atoms with van der Waals surface area (Å²) in [6.07, 6.45) is 1.68. The second kappa shape index (κ2) is 5.13. The third-order valence-electron chi connectivity index (χ3n) is 3.12. The van der Waals surface area contributed by atoms with Gasteiger partial charge in [-0.3, -0.25) is 4.79 Å². The molecule has 6 nitrogen and oxygen atoms in total. The number of nitrogens with zero attached hydrogens (tertiary/aromatic N) is 3. The Morgan fingerprint density at radius 2 is 2.29 bits per heavy atom. The standard InChI is InChI=1S/C15H12N4O2/c1-10-6-14(18-21-10)17-15(20)9-19-8-11(7-16)12-4-2-3-5-13(12)19/h2-6,8H,9H2,1H3,(H,17,18,20). The predicted molar refractivity (Wildman–Crippen MR) is 76.5 cm³/mol. The van der Waals surface area contributed by atoms with Crippen molar-refractivity contribution in [3.8, 4) is 6.07 Å². The zero-order chi connectivity index (χ0) is 14.8. The van der Waals surface area contributed by atoms with Crippen molar-refractivity contribution < 1.29 is 9.32 Å². The summed E-state index contributed by atoms with van der Waals surface area (Å²) in [6.45, 7) is 1.86. The van der Waals surface area contributed by atoms with Crippen LogP contribution in [-0.2, 0) is 11.3 Å². The van der Waals surface area contributed by atoms with Crippen LogP contribution in [0.4, 0.5) is 5.82 Å². The van der Waals surface area contributed by atoms with Crippen molar-refractivity contribution in [1.82, 2.24) is 9.72 Å². The maximum atomic E-state index is 12.0.